The van der Waals surface area contributed by atoms with Crippen molar-refractivity contribution in [1.29, 1.82) is 0 Å². The Morgan fingerprint density at radius 2 is 1.79 bits per heavy atom. The summed E-state index contributed by atoms with van der Waals surface area (Å²) < 4.78 is 0. The normalized spacial score (nSPS) is 22.3. The molecular formula is C13H19N. The molecule has 0 aromatic heterocycles. The summed E-state index contributed by atoms with van der Waals surface area (Å²) in [5.74, 6) is 0. The molecule has 0 radical (unpaired) electrons. The van der Waals surface area contributed by atoms with E-state index in [9.17, 15) is 0 Å². The first-order valence-electron chi connectivity index (χ1n) is 5.57. The van der Waals surface area contributed by atoms with E-state index in [1.807, 2.05) is 0 Å². The molecule has 14 heavy (non-hydrogen) atoms. The molecule has 1 N–H and O–H groups in total. The number of benzene rings is 1. The van der Waals surface area contributed by atoms with E-state index in [2.05, 4.69) is 37.4 Å². The maximum Gasteiger partial charge on any atom is 0.0320 e. The number of hydrogen-bond donors (Lipinski definition) is 1. The van der Waals surface area contributed by atoms with E-state index < -0.39 is 0 Å². The molecule has 0 bridgehead atoms. The zero-order valence-corrected chi connectivity index (χ0v) is 9.14. The molecular weight excluding hydrogens is 170 g/mol. The van der Waals surface area contributed by atoms with Crippen LogP contribution in [0.4, 0.5) is 0 Å². The van der Waals surface area contributed by atoms with E-state index in [1.54, 1.807) is 0 Å². The molecule has 0 aliphatic carbocycles. The maximum absolute atomic E-state index is 3.59. The van der Waals surface area contributed by atoms with Gasteiger partial charge in [0.05, 0.1) is 0 Å². The fourth-order valence-electron chi connectivity index (χ4n) is 2.35. The average Bonchev–Trinajstić information content (AvgIpc) is 2.18. The highest BCUT2D eigenvalue weighted by molar-refractivity contribution is 5.30. The number of hydrogen-bond acceptors (Lipinski definition) is 1. The minimum atomic E-state index is 0.599. The van der Waals surface area contributed by atoms with E-state index in [-0.39, 0.29) is 0 Å². The lowest BCUT2D eigenvalue weighted by Gasteiger charge is -2.24. The predicted molar refractivity (Wildman–Crippen MR) is 60.5 cm³/mol. The monoisotopic (exact) mass is 189 g/mol. The average molecular weight is 189 g/mol. The number of aryl methyl sites for hydroxylation is 2. The molecule has 1 aromatic rings. The smallest absolute Gasteiger partial charge is 0.0320 e. The molecule has 1 aliphatic heterocycles. The lowest BCUT2D eigenvalue weighted by molar-refractivity contribution is 0.412. The third-order valence-electron chi connectivity index (χ3n) is 2.96. The molecule has 1 atom stereocenters. The second-order valence-corrected chi connectivity index (χ2v) is 4.42. The third-order valence-corrected chi connectivity index (χ3v) is 2.96. The van der Waals surface area contributed by atoms with Gasteiger partial charge in [0.25, 0.3) is 0 Å². The van der Waals surface area contributed by atoms with E-state index in [0.717, 1.165) is 0 Å². The lowest BCUT2D eigenvalue weighted by Crippen LogP contribution is -2.26. The second-order valence-electron chi connectivity index (χ2n) is 4.42. The first-order chi connectivity index (χ1) is 6.75. The van der Waals surface area contributed by atoms with Gasteiger partial charge in [-0.1, -0.05) is 35.7 Å². The van der Waals surface area contributed by atoms with Crippen molar-refractivity contribution in [3.63, 3.8) is 0 Å². The molecule has 1 saturated heterocycles. The third kappa shape index (κ3) is 2.16. The van der Waals surface area contributed by atoms with Gasteiger partial charge in [0.1, 0.15) is 0 Å². The van der Waals surface area contributed by atoms with Gasteiger partial charge in [0, 0.05) is 6.04 Å². The van der Waals surface area contributed by atoms with Gasteiger partial charge >= 0.3 is 0 Å². The van der Waals surface area contributed by atoms with Crippen LogP contribution >= 0.6 is 0 Å². The largest absolute Gasteiger partial charge is 0.310 e. The molecule has 0 saturated carbocycles. The van der Waals surface area contributed by atoms with E-state index >= 15 is 0 Å². The van der Waals surface area contributed by atoms with Crippen molar-refractivity contribution < 1.29 is 0 Å². The second kappa shape index (κ2) is 4.14. The van der Waals surface area contributed by atoms with Crippen molar-refractivity contribution in [3.05, 3.63) is 34.9 Å². The Labute approximate surface area is 86.5 Å². The Balaban J connectivity index is 2.21. The lowest BCUT2D eigenvalue weighted by atomic mass is 9.95. The van der Waals surface area contributed by atoms with Crippen LogP contribution in [0, 0.1) is 13.8 Å². The van der Waals surface area contributed by atoms with Crippen molar-refractivity contribution in [2.45, 2.75) is 39.2 Å². The van der Waals surface area contributed by atoms with Crippen LogP contribution in [-0.2, 0) is 0 Å². The van der Waals surface area contributed by atoms with Gasteiger partial charge < -0.3 is 5.32 Å². The van der Waals surface area contributed by atoms with Crippen LogP contribution < -0.4 is 5.32 Å². The summed E-state index contributed by atoms with van der Waals surface area (Å²) in [6.07, 6.45) is 3.99. The highest BCUT2D eigenvalue weighted by Gasteiger charge is 2.14. The maximum atomic E-state index is 3.59. The Kier molecular flexibility index (Phi) is 2.87. The zero-order chi connectivity index (χ0) is 9.97. The molecule has 1 aromatic carbocycles. The Bertz CT molecular complexity index is 291. The summed E-state index contributed by atoms with van der Waals surface area (Å²) in [5, 5.41) is 3.59. The summed E-state index contributed by atoms with van der Waals surface area (Å²) in [6, 6.07) is 7.47. The van der Waals surface area contributed by atoms with Gasteiger partial charge in [-0.3, -0.25) is 0 Å². The van der Waals surface area contributed by atoms with Gasteiger partial charge in [0.15, 0.2) is 0 Å². The first kappa shape index (κ1) is 9.72. The molecule has 1 heterocycles. The van der Waals surface area contributed by atoms with Crippen LogP contribution in [0.5, 0.6) is 0 Å². The van der Waals surface area contributed by atoms with Crippen molar-refractivity contribution >= 4 is 0 Å². The van der Waals surface area contributed by atoms with E-state index in [0.29, 0.717) is 6.04 Å². The molecule has 2 rings (SSSR count). The number of nitrogens with one attached hydrogen (secondary N) is 1. The Morgan fingerprint density at radius 3 is 2.36 bits per heavy atom. The molecule has 0 unspecified atom stereocenters. The molecule has 1 heteroatoms. The fraction of sp³-hybridized carbons (Fsp3) is 0.538. The number of rotatable bonds is 1. The highest BCUT2D eigenvalue weighted by Crippen LogP contribution is 2.24. The van der Waals surface area contributed by atoms with E-state index in [1.165, 1.54) is 42.5 Å². The van der Waals surface area contributed by atoms with Crippen LogP contribution in [0.2, 0.25) is 0 Å². The topological polar surface area (TPSA) is 12.0 Å². The minimum absolute atomic E-state index is 0.599. The predicted octanol–water partition coefficient (Wildman–Crippen LogP) is 3.12. The summed E-state index contributed by atoms with van der Waals surface area (Å²) in [6.45, 7) is 5.54. The van der Waals surface area contributed by atoms with Gasteiger partial charge in [-0.25, -0.2) is 0 Å². The van der Waals surface area contributed by atoms with E-state index in [4.69, 9.17) is 0 Å². The van der Waals surface area contributed by atoms with Crippen molar-refractivity contribution in [2.24, 2.45) is 0 Å². The fourth-order valence-corrected chi connectivity index (χ4v) is 2.35. The van der Waals surface area contributed by atoms with Crippen LogP contribution in [-0.4, -0.2) is 6.54 Å². The van der Waals surface area contributed by atoms with Gasteiger partial charge in [-0.15, -0.1) is 0 Å². The zero-order valence-electron chi connectivity index (χ0n) is 9.14. The van der Waals surface area contributed by atoms with Gasteiger partial charge in [-0.2, -0.15) is 0 Å². The molecule has 76 valence electrons. The molecule has 0 amide bonds. The first-order valence-corrected chi connectivity index (χ1v) is 5.57. The number of piperidine rings is 1. The summed E-state index contributed by atoms with van der Waals surface area (Å²) in [5.41, 5.74) is 4.24. The summed E-state index contributed by atoms with van der Waals surface area (Å²) in [4.78, 5) is 0. The summed E-state index contributed by atoms with van der Waals surface area (Å²) in [7, 11) is 0. The van der Waals surface area contributed by atoms with Gasteiger partial charge in [-0.05, 0) is 38.8 Å². The van der Waals surface area contributed by atoms with Crippen molar-refractivity contribution in [3.8, 4) is 0 Å². The molecule has 1 aliphatic rings. The van der Waals surface area contributed by atoms with Gasteiger partial charge in [0.2, 0.25) is 0 Å². The van der Waals surface area contributed by atoms with Crippen LogP contribution in [0.1, 0.15) is 42.0 Å². The Hall–Kier alpha value is -0.820. The SMILES string of the molecule is Cc1cc(C)cc([C@H]2CCCCN2)c1. The highest BCUT2D eigenvalue weighted by atomic mass is 14.9. The quantitative estimate of drug-likeness (QED) is 0.715. The standard InChI is InChI=1S/C13H19N/c1-10-7-11(2)9-12(8-10)13-5-3-4-6-14-13/h7-9,13-14H,3-6H2,1-2H3/t13-/m1/s1. The Morgan fingerprint density at radius 1 is 1.07 bits per heavy atom. The van der Waals surface area contributed by atoms with Crippen LogP contribution in [0.3, 0.4) is 0 Å². The molecule has 1 fully saturated rings. The van der Waals surface area contributed by atoms with Crippen LogP contribution in [0.15, 0.2) is 18.2 Å². The van der Waals surface area contributed by atoms with Crippen LogP contribution in [0.25, 0.3) is 0 Å². The molecule has 1 nitrogen and oxygen atoms in total. The minimum Gasteiger partial charge on any atom is -0.310 e. The van der Waals surface area contributed by atoms with Crippen molar-refractivity contribution in [1.82, 2.24) is 5.32 Å². The summed E-state index contributed by atoms with van der Waals surface area (Å²) >= 11 is 0. The molecule has 0 spiro atoms. The van der Waals surface area contributed by atoms with Crippen molar-refractivity contribution in [2.75, 3.05) is 6.54 Å².